The summed E-state index contributed by atoms with van der Waals surface area (Å²) in [4.78, 5) is 10.9. The van der Waals surface area contributed by atoms with Gasteiger partial charge in [-0.15, -0.1) is 0 Å². The van der Waals surface area contributed by atoms with Crippen molar-refractivity contribution in [3.8, 4) is 0 Å². The molecule has 0 bridgehead atoms. The van der Waals surface area contributed by atoms with E-state index in [4.69, 9.17) is 4.74 Å². The molecule has 0 aliphatic carbocycles. The van der Waals surface area contributed by atoms with E-state index in [-0.39, 0.29) is 29.9 Å². The Labute approximate surface area is 104 Å². The average molecular weight is 316 g/mol. The molecule has 0 unspecified atom stereocenters. The third-order valence-corrected chi connectivity index (χ3v) is 1.96. The number of rotatable bonds is 6. The van der Waals surface area contributed by atoms with Crippen molar-refractivity contribution in [3.05, 3.63) is 0 Å². The van der Waals surface area contributed by atoms with Crippen LogP contribution in [0, 0.1) is 0 Å². The van der Waals surface area contributed by atoms with Gasteiger partial charge in [-0.05, 0) is 13.8 Å². The molecular formula is C9H21IN2O2. The Balaban J connectivity index is 0. The minimum absolute atomic E-state index is 0. The summed E-state index contributed by atoms with van der Waals surface area (Å²) >= 11 is 0. The molecule has 86 valence electrons. The van der Waals surface area contributed by atoms with E-state index in [1.807, 2.05) is 6.92 Å². The first-order chi connectivity index (χ1) is 6.02. The highest BCUT2D eigenvalue weighted by Gasteiger charge is 2.11. The van der Waals surface area contributed by atoms with Crippen molar-refractivity contribution in [2.24, 2.45) is 0 Å². The molecule has 0 aromatic rings. The quantitative estimate of drug-likeness (QED) is 0.256. The number of nitrogens with one attached hydrogen (secondary N) is 1. The number of nitrogens with zero attached hydrogens (tertiary/aromatic N) is 1. The molecule has 0 heterocycles. The molecule has 0 aliphatic heterocycles. The zero-order chi connectivity index (χ0) is 10.3. The molecule has 14 heavy (non-hydrogen) atoms. The standard InChI is InChI=1S/C9H21N2O2.HI/c1-5-11(3,4)10-8-7-9(12)13-6-2;/h10H,5-8H2,1-4H3;1H/q+1;/p-1. The number of halogens is 1. The molecule has 0 radical (unpaired) electrons. The Morgan fingerprint density at radius 3 is 2.36 bits per heavy atom. The molecular weight excluding hydrogens is 295 g/mol. The number of esters is 1. The minimum atomic E-state index is -0.133. The second kappa shape index (κ2) is 8.43. The maximum absolute atomic E-state index is 10.9. The number of ether oxygens (including phenoxy) is 1. The predicted molar refractivity (Wildman–Crippen MR) is 51.9 cm³/mol. The van der Waals surface area contributed by atoms with Crippen LogP contribution in [0.15, 0.2) is 0 Å². The maximum atomic E-state index is 10.9. The maximum Gasteiger partial charge on any atom is 0.307 e. The molecule has 0 aromatic carbocycles. The van der Waals surface area contributed by atoms with Crippen LogP contribution in [0.3, 0.4) is 0 Å². The van der Waals surface area contributed by atoms with Crippen molar-refractivity contribution >= 4 is 5.97 Å². The van der Waals surface area contributed by atoms with E-state index >= 15 is 0 Å². The van der Waals surface area contributed by atoms with Crippen LogP contribution in [-0.2, 0) is 9.53 Å². The molecule has 0 saturated heterocycles. The summed E-state index contributed by atoms with van der Waals surface area (Å²) in [7, 11) is 4.12. The fourth-order valence-electron chi connectivity index (χ4n) is 0.806. The topological polar surface area (TPSA) is 38.3 Å². The summed E-state index contributed by atoms with van der Waals surface area (Å²) in [5.74, 6) is -0.133. The smallest absolute Gasteiger partial charge is 0.307 e. The van der Waals surface area contributed by atoms with E-state index in [0.717, 1.165) is 11.1 Å². The first-order valence-corrected chi connectivity index (χ1v) is 4.75. The van der Waals surface area contributed by atoms with Gasteiger partial charge in [-0.25, -0.2) is 0 Å². The van der Waals surface area contributed by atoms with E-state index in [2.05, 4.69) is 26.4 Å². The molecule has 1 N–H and O–H groups in total. The largest absolute Gasteiger partial charge is 1.00 e. The summed E-state index contributed by atoms with van der Waals surface area (Å²) in [5, 5.41) is 0. The first-order valence-electron chi connectivity index (χ1n) is 4.75. The van der Waals surface area contributed by atoms with E-state index in [0.29, 0.717) is 19.6 Å². The number of hydrogen-bond acceptors (Lipinski definition) is 3. The highest BCUT2D eigenvalue weighted by molar-refractivity contribution is 5.69. The van der Waals surface area contributed by atoms with E-state index < -0.39 is 0 Å². The van der Waals surface area contributed by atoms with E-state index in [9.17, 15) is 4.79 Å². The van der Waals surface area contributed by atoms with Crippen LogP contribution in [0.1, 0.15) is 20.3 Å². The van der Waals surface area contributed by atoms with Crippen molar-refractivity contribution in [2.45, 2.75) is 20.3 Å². The monoisotopic (exact) mass is 316 g/mol. The Bertz CT molecular complexity index is 163. The lowest BCUT2D eigenvalue weighted by molar-refractivity contribution is -0.932. The van der Waals surface area contributed by atoms with Gasteiger partial charge in [-0.2, -0.15) is 5.43 Å². The number of hydrogen-bond donors (Lipinski definition) is 1. The highest BCUT2D eigenvalue weighted by atomic mass is 127. The summed E-state index contributed by atoms with van der Waals surface area (Å²) < 4.78 is 5.53. The summed E-state index contributed by atoms with van der Waals surface area (Å²) in [6, 6.07) is 0. The Morgan fingerprint density at radius 2 is 1.93 bits per heavy atom. The Kier molecular flexibility index (Phi) is 9.96. The van der Waals surface area contributed by atoms with Gasteiger partial charge in [0.25, 0.3) is 0 Å². The fraction of sp³-hybridized carbons (Fsp3) is 0.889. The molecule has 0 atom stereocenters. The fourth-order valence-corrected chi connectivity index (χ4v) is 0.806. The second-order valence-corrected chi connectivity index (χ2v) is 3.46. The van der Waals surface area contributed by atoms with Gasteiger partial charge in [0.1, 0.15) is 0 Å². The van der Waals surface area contributed by atoms with Crippen LogP contribution in [0.25, 0.3) is 0 Å². The van der Waals surface area contributed by atoms with Crippen LogP contribution in [0.2, 0.25) is 0 Å². The van der Waals surface area contributed by atoms with E-state index in [1.165, 1.54) is 0 Å². The molecule has 0 rings (SSSR count). The number of carbonyl (C=O) groups is 1. The third-order valence-electron chi connectivity index (χ3n) is 1.96. The van der Waals surface area contributed by atoms with Gasteiger partial charge in [0, 0.05) is 0 Å². The van der Waals surface area contributed by atoms with Crippen molar-refractivity contribution in [1.29, 1.82) is 0 Å². The zero-order valence-electron chi connectivity index (χ0n) is 9.47. The van der Waals surface area contributed by atoms with Crippen LogP contribution in [0.4, 0.5) is 0 Å². The van der Waals surface area contributed by atoms with Crippen LogP contribution < -0.4 is 29.4 Å². The molecule has 4 nitrogen and oxygen atoms in total. The molecule has 0 amide bonds. The highest BCUT2D eigenvalue weighted by Crippen LogP contribution is 1.90. The lowest BCUT2D eigenvalue weighted by Gasteiger charge is -2.27. The van der Waals surface area contributed by atoms with E-state index in [1.54, 1.807) is 0 Å². The SMILES string of the molecule is CCOC(=O)CCN[N+](C)(C)CC.[I-]. The van der Waals surface area contributed by atoms with Crippen molar-refractivity contribution in [1.82, 2.24) is 5.43 Å². The first kappa shape index (κ1) is 16.5. The van der Waals surface area contributed by atoms with Crippen LogP contribution in [0.5, 0.6) is 0 Å². The van der Waals surface area contributed by atoms with Crippen molar-refractivity contribution in [2.75, 3.05) is 33.8 Å². The normalized spacial score (nSPS) is 10.6. The van der Waals surface area contributed by atoms with Gasteiger partial charge in [0.2, 0.25) is 0 Å². The molecule has 0 saturated carbocycles. The molecule has 0 aromatic heterocycles. The molecule has 0 fully saturated rings. The predicted octanol–water partition coefficient (Wildman–Crippen LogP) is -2.46. The average Bonchev–Trinajstić information content (AvgIpc) is 2.05. The van der Waals surface area contributed by atoms with Gasteiger partial charge in [0.05, 0.1) is 40.2 Å². The molecule has 0 spiro atoms. The Hall–Kier alpha value is 0.120. The lowest BCUT2D eigenvalue weighted by Crippen LogP contribution is -3.00. The molecule has 5 heteroatoms. The second-order valence-electron chi connectivity index (χ2n) is 3.46. The number of carbonyl (C=O) groups excluding carboxylic acids is 1. The van der Waals surface area contributed by atoms with Crippen LogP contribution in [-0.4, -0.2) is 44.4 Å². The third kappa shape index (κ3) is 8.71. The summed E-state index contributed by atoms with van der Waals surface area (Å²) in [5.41, 5.74) is 3.23. The van der Waals surface area contributed by atoms with Gasteiger partial charge >= 0.3 is 5.97 Å². The van der Waals surface area contributed by atoms with Gasteiger partial charge in [0.15, 0.2) is 0 Å². The van der Waals surface area contributed by atoms with Gasteiger partial charge < -0.3 is 28.7 Å². The summed E-state index contributed by atoms with van der Waals surface area (Å²) in [6.45, 7) is 6.03. The summed E-state index contributed by atoms with van der Waals surface area (Å²) in [6.07, 6.45) is 0.440. The Morgan fingerprint density at radius 1 is 1.36 bits per heavy atom. The minimum Gasteiger partial charge on any atom is -1.00 e. The number of quaternary nitrogens is 1. The molecule has 0 aliphatic rings. The lowest BCUT2D eigenvalue weighted by atomic mass is 10.4. The van der Waals surface area contributed by atoms with Gasteiger partial charge in [-0.3, -0.25) is 9.39 Å². The van der Waals surface area contributed by atoms with Crippen molar-refractivity contribution in [3.63, 3.8) is 0 Å². The van der Waals surface area contributed by atoms with Crippen LogP contribution >= 0.6 is 0 Å². The zero-order valence-corrected chi connectivity index (χ0v) is 11.6. The van der Waals surface area contributed by atoms with Gasteiger partial charge in [-0.1, -0.05) is 0 Å². The van der Waals surface area contributed by atoms with Crippen molar-refractivity contribution < 1.29 is 38.1 Å².